The second-order valence-electron chi connectivity index (χ2n) is 5.46. The van der Waals surface area contributed by atoms with Gasteiger partial charge < -0.3 is 4.74 Å². The van der Waals surface area contributed by atoms with Gasteiger partial charge in [-0.25, -0.2) is 4.79 Å². The summed E-state index contributed by atoms with van der Waals surface area (Å²) in [4.78, 5) is 20.3. The van der Waals surface area contributed by atoms with Crippen molar-refractivity contribution in [2.45, 2.75) is 32.6 Å². The van der Waals surface area contributed by atoms with Crippen molar-refractivity contribution in [2.24, 2.45) is 5.16 Å². The Morgan fingerprint density at radius 3 is 2.76 bits per heavy atom. The van der Waals surface area contributed by atoms with Gasteiger partial charge in [-0.3, -0.25) is 15.1 Å². The molecule has 25 heavy (non-hydrogen) atoms. The summed E-state index contributed by atoms with van der Waals surface area (Å²) >= 11 is 0. The summed E-state index contributed by atoms with van der Waals surface area (Å²) in [6, 6.07) is 10.7. The molecule has 0 fully saturated rings. The lowest BCUT2D eigenvalue weighted by atomic mass is 10.2. The SMILES string of the molecule is CCCCCCOc1ccc(NC(=O)O/N=C/c2cccnc2)cc1. The molecule has 132 valence electrons. The summed E-state index contributed by atoms with van der Waals surface area (Å²) in [5.74, 6) is 0.782. The maximum atomic E-state index is 11.7. The molecular weight excluding hydrogens is 318 g/mol. The van der Waals surface area contributed by atoms with Crippen LogP contribution in [0, 0.1) is 0 Å². The molecule has 0 radical (unpaired) electrons. The fraction of sp³-hybridized carbons (Fsp3) is 0.316. The Bertz CT molecular complexity index is 657. The zero-order valence-corrected chi connectivity index (χ0v) is 14.4. The third-order valence-corrected chi connectivity index (χ3v) is 3.39. The highest BCUT2D eigenvalue weighted by atomic mass is 16.7. The molecule has 1 aromatic heterocycles. The van der Waals surface area contributed by atoms with E-state index in [4.69, 9.17) is 9.57 Å². The highest BCUT2D eigenvalue weighted by Crippen LogP contribution is 2.16. The van der Waals surface area contributed by atoms with Crippen LogP contribution in [0.15, 0.2) is 53.9 Å². The van der Waals surface area contributed by atoms with Crippen LogP contribution in [0.4, 0.5) is 10.5 Å². The van der Waals surface area contributed by atoms with E-state index in [2.05, 4.69) is 22.4 Å². The lowest BCUT2D eigenvalue weighted by Crippen LogP contribution is -2.10. The Morgan fingerprint density at radius 2 is 2.04 bits per heavy atom. The molecule has 0 saturated carbocycles. The first-order valence-electron chi connectivity index (χ1n) is 8.42. The van der Waals surface area contributed by atoms with Gasteiger partial charge in [0.1, 0.15) is 5.75 Å². The minimum absolute atomic E-state index is 0.611. The van der Waals surface area contributed by atoms with Crippen molar-refractivity contribution in [3.8, 4) is 5.75 Å². The van der Waals surface area contributed by atoms with Crippen LogP contribution in [0.5, 0.6) is 5.75 Å². The Kier molecular flexibility index (Phi) is 7.97. The first-order valence-corrected chi connectivity index (χ1v) is 8.42. The number of aromatic nitrogens is 1. The summed E-state index contributed by atoms with van der Waals surface area (Å²) < 4.78 is 5.65. The average molecular weight is 341 g/mol. The van der Waals surface area contributed by atoms with Crippen LogP contribution in [-0.2, 0) is 4.84 Å². The van der Waals surface area contributed by atoms with Crippen molar-refractivity contribution in [3.05, 3.63) is 54.4 Å². The van der Waals surface area contributed by atoms with Gasteiger partial charge in [0.15, 0.2) is 0 Å². The van der Waals surface area contributed by atoms with Gasteiger partial charge in [0, 0.05) is 23.6 Å². The van der Waals surface area contributed by atoms with Crippen LogP contribution in [0.25, 0.3) is 0 Å². The van der Waals surface area contributed by atoms with Gasteiger partial charge in [-0.15, -0.1) is 0 Å². The number of hydrogen-bond acceptors (Lipinski definition) is 5. The molecule has 6 heteroatoms. The fourth-order valence-electron chi connectivity index (χ4n) is 2.08. The Balaban J connectivity index is 1.71. The van der Waals surface area contributed by atoms with E-state index in [9.17, 15) is 4.79 Å². The standard InChI is InChI=1S/C19H23N3O3/c1-2-3-4-5-13-24-18-10-8-17(9-11-18)22-19(23)25-21-15-16-7-6-12-20-14-16/h6-12,14-15H,2-5,13H2,1H3,(H,22,23)/b21-15+. The largest absolute Gasteiger partial charge is 0.494 e. The van der Waals surface area contributed by atoms with E-state index >= 15 is 0 Å². The van der Waals surface area contributed by atoms with Crippen LogP contribution < -0.4 is 10.1 Å². The number of carbonyl (C=O) groups excluding carboxylic acids is 1. The predicted octanol–water partition coefficient (Wildman–Crippen LogP) is 4.62. The van der Waals surface area contributed by atoms with Crippen LogP contribution in [0.2, 0.25) is 0 Å². The minimum Gasteiger partial charge on any atom is -0.494 e. The Hall–Kier alpha value is -2.89. The van der Waals surface area contributed by atoms with E-state index in [0.29, 0.717) is 12.3 Å². The molecule has 2 aromatic rings. The smallest absolute Gasteiger partial charge is 0.437 e. The van der Waals surface area contributed by atoms with Crippen LogP contribution in [0.3, 0.4) is 0 Å². The first-order chi connectivity index (χ1) is 12.3. The molecule has 0 saturated heterocycles. The van der Waals surface area contributed by atoms with E-state index < -0.39 is 6.09 Å². The molecule has 1 N–H and O–H groups in total. The first kappa shape index (κ1) is 18.4. The highest BCUT2D eigenvalue weighted by Gasteiger charge is 2.03. The molecule has 1 amide bonds. The number of oxime groups is 1. The second kappa shape index (κ2) is 10.8. The molecule has 0 atom stereocenters. The number of carbonyl (C=O) groups is 1. The number of nitrogens with zero attached hydrogens (tertiary/aromatic N) is 2. The monoisotopic (exact) mass is 341 g/mol. The second-order valence-corrected chi connectivity index (χ2v) is 5.46. The summed E-state index contributed by atoms with van der Waals surface area (Å²) in [5, 5.41) is 6.21. The van der Waals surface area contributed by atoms with Crippen molar-refractivity contribution >= 4 is 18.0 Å². The number of benzene rings is 1. The Morgan fingerprint density at radius 1 is 1.20 bits per heavy atom. The number of amides is 1. The van der Waals surface area contributed by atoms with Crippen molar-refractivity contribution < 1.29 is 14.4 Å². The zero-order chi connectivity index (χ0) is 17.7. The van der Waals surface area contributed by atoms with E-state index in [-0.39, 0.29) is 0 Å². The molecule has 0 aliphatic carbocycles. The number of nitrogens with one attached hydrogen (secondary N) is 1. The number of unbranched alkanes of at least 4 members (excludes halogenated alkanes) is 3. The lowest BCUT2D eigenvalue weighted by molar-refractivity contribution is 0.167. The van der Waals surface area contributed by atoms with Gasteiger partial charge in [-0.2, -0.15) is 0 Å². The summed E-state index contributed by atoms with van der Waals surface area (Å²) in [5.41, 5.74) is 1.36. The van der Waals surface area contributed by atoms with Crippen LogP contribution >= 0.6 is 0 Å². The topological polar surface area (TPSA) is 72.8 Å². The van der Waals surface area contributed by atoms with Gasteiger partial charge >= 0.3 is 6.09 Å². The average Bonchev–Trinajstić information content (AvgIpc) is 2.64. The molecule has 1 aromatic carbocycles. The molecule has 6 nitrogen and oxygen atoms in total. The number of anilines is 1. The van der Waals surface area contributed by atoms with Gasteiger partial charge in [-0.1, -0.05) is 37.4 Å². The number of rotatable bonds is 9. The summed E-state index contributed by atoms with van der Waals surface area (Å²) in [7, 11) is 0. The predicted molar refractivity (Wildman–Crippen MR) is 98.0 cm³/mol. The number of pyridine rings is 1. The van der Waals surface area contributed by atoms with Gasteiger partial charge in [-0.05, 0) is 36.8 Å². The zero-order valence-electron chi connectivity index (χ0n) is 14.4. The normalized spacial score (nSPS) is 10.6. The Labute approximate surface area is 147 Å². The van der Waals surface area contributed by atoms with E-state index in [1.165, 1.54) is 25.5 Å². The van der Waals surface area contributed by atoms with Crippen molar-refractivity contribution in [2.75, 3.05) is 11.9 Å². The van der Waals surface area contributed by atoms with Gasteiger partial charge in [0.25, 0.3) is 0 Å². The van der Waals surface area contributed by atoms with Gasteiger partial charge in [0.05, 0.1) is 12.8 Å². The number of hydrogen-bond donors (Lipinski definition) is 1. The third kappa shape index (κ3) is 7.48. The van der Waals surface area contributed by atoms with Crippen molar-refractivity contribution in [1.29, 1.82) is 0 Å². The van der Waals surface area contributed by atoms with Crippen LogP contribution in [0.1, 0.15) is 38.2 Å². The summed E-state index contributed by atoms with van der Waals surface area (Å²) in [6.45, 7) is 2.89. The quantitative estimate of drug-likeness (QED) is 0.312. The van der Waals surface area contributed by atoms with E-state index in [0.717, 1.165) is 17.7 Å². The van der Waals surface area contributed by atoms with Crippen molar-refractivity contribution in [3.63, 3.8) is 0 Å². The molecule has 2 rings (SSSR count). The lowest BCUT2D eigenvalue weighted by Gasteiger charge is -2.07. The molecule has 0 unspecified atom stereocenters. The molecule has 0 spiro atoms. The highest BCUT2D eigenvalue weighted by molar-refractivity contribution is 5.85. The molecule has 0 aliphatic heterocycles. The van der Waals surface area contributed by atoms with Crippen LogP contribution in [-0.4, -0.2) is 23.9 Å². The maximum Gasteiger partial charge on any atom is 0.437 e. The van der Waals surface area contributed by atoms with Gasteiger partial charge in [0.2, 0.25) is 0 Å². The fourth-order valence-corrected chi connectivity index (χ4v) is 2.08. The maximum absolute atomic E-state index is 11.7. The van der Waals surface area contributed by atoms with E-state index in [1.54, 1.807) is 36.7 Å². The van der Waals surface area contributed by atoms with E-state index in [1.807, 2.05) is 12.1 Å². The molecular formula is C19H23N3O3. The third-order valence-electron chi connectivity index (χ3n) is 3.39. The molecule has 1 heterocycles. The summed E-state index contributed by atoms with van der Waals surface area (Å²) in [6.07, 6.45) is 8.71. The minimum atomic E-state index is -0.659. The molecule has 0 aliphatic rings. The molecule has 0 bridgehead atoms. The van der Waals surface area contributed by atoms with Crippen molar-refractivity contribution in [1.82, 2.24) is 4.98 Å². The number of ether oxygens (including phenoxy) is 1.